The minimum absolute atomic E-state index is 0.417. The lowest BCUT2D eigenvalue weighted by molar-refractivity contribution is 0.215. The van der Waals surface area contributed by atoms with Gasteiger partial charge >= 0.3 is 0 Å². The Labute approximate surface area is 117 Å². The molecule has 0 radical (unpaired) electrons. The van der Waals surface area contributed by atoms with Crippen LogP contribution >= 0.6 is 39.1 Å². The van der Waals surface area contributed by atoms with Gasteiger partial charge in [-0.25, -0.2) is 0 Å². The number of rotatable bonds is 2. The van der Waals surface area contributed by atoms with Gasteiger partial charge in [0.1, 0.15) is 6.10 Å². The average molecular weight is 333 g/mol. The normalized spacial score (nSPS) is 12.5. The Kier molecular flexibility index (Phi) is 4.05. The summed E-state index contributed by atoms with van der Waals surface area (Å²) in [5.74, 6) is 0. The van der Waals surface area contributed by atoms with Crippen LogP contribution in [0.3, 0.4) is 0 Å². The molecular weight excluding hydrogens is 325 g/mol. The van der Waals surface area contributed by atoms with Crippen molar-refractivity contribution in [2.75, 3.05) is 0 Å². The Balaban J connectivity index is 2.33. The van der Waals surface area contributed by atoms with Crippen molar-refractivity contribution >= 4 is 39.1 Å². The minimum Gasteiger partial charge on any atom is -0.382 e. The molecule has 0 aliphatic heterocycles. The van der Waals surface area contributed by atoms with Crippen molar-refractivity contribution in [3.8, 4) is 0 Å². The number of benzene rings is 1. The van der Waals surface area contributed by atoms with Gasteiger partial charge in [0, 0.05) is 10.7 Å². The van der Waals surface area contributed by atoms with E-state index in [1.807, 2.05) is 6.07 Å². The van der Waals surface area contributed by atoms with E-state index in [1.54, 1.807) is 30.5 Å². The van der Waals surface area contributed by atoms with Crippen LogP contribution in [0.25, 0.3) is 0 Å². The molecule has 2 nitrogen and oxygen atoms in total. The summed E-state index contributed by atoms with van der Waals surface area (Å²) in [6, 6.07) is 8.59. The standard InChI is InChI=1S/C12H8BrCl2NO/c13-8-2-4-11(16-6-8)12(17)7-1-3-9(14)10(15)5-7/h1-6,12,17H. The Bertz CT molecular complexity index is 531. The number of halogens is 3. The second-order valence-electron chi connectivity index (χ2n) is 3.48. The van der Waals surface area contributed by atoms with E-state index < -0.39 is 6.10 Å². The molecule has 0 spiro atoms. The molecule has 1 heterocycles. The van der Waals surface area contributed by atoms with Crippen molar-refractivity contribution in [2.45, 2.75) is 6.10 Å². The van der Waals surface area contributed by atoms with E-state index in [0.29, 0.717) is 21.3 Å². The molecule has 1 atom stereocenters. The van der Waals surface area contributed by atoms with Gasteiger partial charge in [0.2, 0.25) is 0 Å². The number of aliphatic hydroxyl groups excluding tert-OH is 1. The van der Waals surface area contributed by atoms with Crippen molar-refractivity contribution in [3.05, 3.63) is 62.3 Å². The Hall–Kier alpha value is -0.610. The first kappa shape index (κ1) is 12.8. The van der Waals surface area contributed by atoms with Crippen molar-refractivity contribution in [2.24, 2.45) is 0 Å². The fourth-order valence-electron chi connectivity index (χ4n) is 1.40. The molecule has 17 heavy (non-hydrogen) atoms. The number of hydrogen-bond acceptors (Lipinski definition) is 2. The first-order chi connectivity index (χ1) is 8.08. The van der Waals surface area contributed by atoms with Crippen LogP contribution in [0.2, 0.25) is 10.0 Å². The highest BCUT2D eigenvalue weighted by atomic mass is 79.9. The second kappa shape index (κ2) is 5.36. The van der Waals surface area contributed by atoms with Crippen LogP contribution in [0.5, 0.6) is 0 Å². The fraction of sp³-hybridized carbons (Fsp3) is 0.0833. The van der Waals surface area contributed by atoms with Crippen molar-refractivity contribution in [3.63, 3.8) is 0 Å². The van der Waals surface area contributed by atoms with Gasteiger partial charge in [-0.2, -0.15) is 0 Å². The van der Waals surface area contributed by atoms with Crippen molar-refractivity contribution < 1.29 is 5.11 Å². The Morgan fingerprint density at radius 2 is 1.88 bits per heavy atom. The largest absolute Gasteiger partial charge is 0.382 e. The molecule has 0 saturated carbocycles. The predicted molar refractivity (Wildman–Crippen MR) is 72.5 cm³/mol. The highest BCUT2D eigenvalue weighted by Crippen LogP contribution is 2.28. The van der Waals surface area contributed by atoms with Gasteiger partial charge in [-0.3, -0.25) is 4.98 Å². The van der Waals surface area contributed by atoms with Gasteiger partial charge in [0.25, 0.3) is 0 Å². The summed E-state index contributed by atoms with van der Waals surface area (Å²) in [6.45, 7) is 0. The zero-order chi connectivity index (χ0) is 12.4. The molecule has 0 fully saturated rings. The van der Waals surface area contributed by atoms with Gasteiger partial charge in [0.15, 0.2) is 0 Å². The topological polar surface area (TPSA) is 33.1 Å². The number of hydrogen-bond donors (Lipinski definition) is 1. The van der Waals surface area contributed by atoms with Crippen LogP contribution < -0.4 is 0 Å². The third-order valence-electron chi connectivity index (χ3n) is 2.29. The molecule has 2 rings (SSSR count). The quantitative estimate of drug-likeness (QED) is 0.892. The molecule has 0 aliphatic rings. The monoisotopic (exact) mass is 331 g/mol. The van der Waals surface area contributed by atoms with Gasteiger partial charge in [0.05, 0.1) is 15.7 Å². The maximum absolute atomic E-state index is 10.1. The van der Waals surface area contributed by atoms with Crippen molar-refractivity contribution in [1.29, 1.82) is 0 Å². The van der Waals surface area contributed by atoms with E-state index in [1.165, 1.54) is 0 Å². The molecule has 1 aromatic carbocycles. The van der Waals surface area contributed by atoms with Crippen molar-refractivity contribution in [1.82, 2.24) is 4.98 Å². The first-order valence-corrected chi connectivity index (χ1v) is 6.37. The summed E-state index contributed by atoms with van der Waals surface area (Å²) in [7, 11) is 0. The summed E-state index contributed by atoms with van der Waals surface area (Å²) in [6.07, 6.45) is 0.827. The van der Waals surface area contributed by atoms with Gasteiger partial charge in [-0.15, -0.1) is 0 Å². The molecule has 0 aliphatic carbocycles. The molecule has 0 saturated heterocycles. The van der Waals surface area contributed by atoms with Gasteiger partial charge in [-0.1, -0.05) is 29.3 Å². The van der Waals surface area contributed by atoms with Crippen LogP contribution in [-0.4, -0.2) is 10.1 Å². The lowest BCUT2D eigenvalue weighted by atomic mass is 10.1. The van der Waals surface area contributed by atoms with E-state index >= 15 is 0 Å². The van der Waals surface area contributed by atoms with Crippen LogP contribution in [0, 0.1) is 0 Å². The highest BCUT2D eigenvalue weighted by Gasteiger charge is 2.13. The molecular formula is C12H8BrCl2NO. The van der Waals surface area contributed by atoms with Gasteiger partial charge in [-0.05, 0) is 45.8 Å². The molecule has 1 aromatic heterocycles. The molecule has 5 heteroatoms. The SMILES string of the molecule is OC(c1ccc(Cl)c(Cl)c1)c1ccc(Br)cn1. The summed E-state index contributed by atoms with van der Waals surface area (Å²) in [4.78, 5) is 4.13. The first-order valence-electron chi connectivity index (χ1n) is 4.82. The van der Waals surface area contributed by atoms with E-state index in [4.69, 9.17) is 23.2 Å². The predicted octanol–water partition coefficient (Wildman–Crippen LogP) is 4.23. The van der Waals surface area contributed by atoms with E-state index in [9.17, 15) is 5.11 Å². The number of pyridine rings is 1. The molecule has 2 aromatic rings. The molecule has 0 amide bonds. The van der Waals surface area contributed by atoms with Crippen LogP contribution in [-0.2, 0) is 0 Å². The molecule has 0 bridgehead atoms. The average Bonchev–Trinajstić information content (AvgIpc) is 2.33. The summed E-state index contributed by atoms with van der Waals surface area (Å²) in [5, 5.41) is 11.0. The van der Waals surface area contributed by atoms with E-state index in [0.717, 1.165) is 4.47 Å². The Morgan fingerprint density at radius 3 is 2.47 bits per heavy atom. The van der Waals surface area contributed by atoms with E-state index in [-0.39, 0.29) is 0 Å². The maximum atomic E-state index is 10.1. The smallest absolute Gasteiger partial charge is 0.121 e. The zero-order valence-electron chi connectivity index (χ0n) is 8.57. The number of nitrogens with zero attached hydrogens (tertiary/aromatic N) is 1. The maximum Gasteiger partial charge on any atom is 0.121 e. The molecule has 1 N–H and O–H groups in total. The summed E-state index contributed by atoms with van der Waals surface area (Å²) in [5.41, 5.74) is 1.22. The highest BCUT2D eigenvalue weighted by molar-refractivity contribution is 9.10. The molecule has 88 valence electrons. The van der Waals surface area contributed by atoms with E-state index in [2.05, 4.69) is 20.9 Å². The lowest BCUT2D eigenvalue weighted by Crippen LogP contribution is -2.01. The van der Waals surface area contributed by atoms with Gasteiger partial charge < -0.3 is 5.11 Å². The van der Waals surface area contributed by atoms with Crippen LogP contribution in [0.4, 0.5) is 0 Å². The number of aliphatic hydroxyl groups is 1. The number of aromatic nitrogens is 1. The third kappa shape index (κ3) is 2.99. The Morgan fingerprint density at radius 1 is 1.12 bits per heavy atom. The minimum atomic E-state index is -0.808. The third-order valence-corrected chi connectivity index (χ3v) is 3.50. The zero-order valence-corrected chi connectivity index (χ0v) is 11.7. The summed E-state index contributed by atoms with van der Waals surface area (Å²) >= 11 is 15.0. The van der Waals surface area contributed by atoms with Crippen LogP contribution in [0.15, 0.2) is 41.0 Å². The molecule has 1 unspecified atom stereocenters. The lowest BCUT2D eigenvalue weighted by Gasteiger charge is -2.11. The summed E-state index contributed by atoms with van der Waals surface area (Å²) < 4.78 is 0.864. The van der Waals surface area contributed by atoms with Crippen LogP contribution in [0.1, 0.15) is 17.4 Å². The fourth-order valence-corrected chi connectivity index (χ4v) is 1.94. The second-order valence-corrected chi connectivity index (χ2v) is 5.21.